The van der Waals surface area contributed by atoms with Crippen molar-refractivity contribution >= 4 is 109 Å². The summed E-state index contributed by atoms with van der Waals surface area (Å²) in [6.45, 7) is 15.0. The molecule has 0 bridgehead atoms. The minimum absolute atomic E-state index is 0.0153. The Morgan fingerprint density at radius 1 is 0.411 bits per heavy atom. The number of carbonyl (C=O) groups is 3. The third-order valence-electron chi connectivity index (χ3n) is 21.7. The number of aromatic hydroxyl groups is 1. The molecule has 0 atom stereocenters. The van der Waals surface area contributed by atoms with Crippen LogP contribution in [0.3, 0.4) is 0 Å². The Bertz CT molecular complexity index is 6540. The molecule has 0 spiro atoms. The van der Waals surface area contributed by atoms with E-state index in [4.69, 9.17) is 34.2 Å². The zero-order valence-electron chi connectivity index (χ0n) is 67.5. The number of carbonyl (C=O) groups excluding carboxylic acids is 3. The summed E-state index contributed by atoms with van der Waals surface area (Å²) in [6.07, 6.45) is 4.10. The molecule has 632 valence electrons. The van der Waals surface area contributed by atoms with Crippen molar-refractivity contribution < 1.29 is 67.4 Å². The van der Waals surface area contributed by atoms with Crippen LogP contribution in [-0.2, 0) is 69.3 Å². The van der Waals surface area contributed by atoms with Gasteiger partial charge in [0.15, 0.2) is 17.2 Å². The van der Waals surface area contributed by atoms with Crippen molar-refractivity contribution in [2.75, 3.05) is 70.3 Å². The van der Waals surface area contributed by atoms with Crippen LogP contribution in [0.4, 0.5) is 30.2 Å². The van der Waals surface area contributed by atoms with E-state index < -0.39 is 54.0 Å². The molecular formula is C94H83ClF3N11O12S3. The van der Waals surface area contributed by atoms with E-state index in [0.717, 1.165) is 37.7 Å². The number of hydrogen-bond acceptors (Lipinski definition) is 15. The van der Waals surface area contributed by atoms with Crippen LogP contribution in [0.2, 0.25) is 0 Å². The number of phenolic OH excluding ortho intramolecular Hbond substituents is 1. The standard InChI is InChI=1S/C36H31FN4O4S.C35H31ClFN3O4S.C23H21FN4O4S/c1-38-20-10-22-46(43,44)40(2)33-29-15-9-21-39-32(29)35(45-34(26-11-5-3-6-12-26)27-13-7-4-8-14-27)31-30(33)24-41(36(31)42)23-25-16-18-28(37)19-17-25;1-39(45(42,43)21-9-19-36)32-28-14-8-20-38-31(28)34(44-33(25-10-4-2-5-11-25)26-12-6-3-7-13-26)30-29(32)23-40(35(30)41)22-24-15-17-27(37)18-16-24;1-25-10-4-12-33(31,32)27(2)21-17-5-3-11-26-20(17)22(29)19-18(21)14-28(23(19)30)13-15-6-8-16(24)9-7-15/h3-9,11-19,21,34H,10,20,22-24H2,2H3;2-8,10-18,20,33H,9,19,21-23H2,1H3;3,5-9,11,29H,4,10,12-14H2,2H3. The summed E-state index contributed by atoms with van der Waals surface area (Å²) in [5.74, 6) is -2.44. The number of fused-ring (bicyclic) bond motifs is 6. The van der Waals surface area contributed by atoms with Crippen LogP contribution in [0.1, 0.15) is 118 Å². The van der Waals surface area contributed by atoms with Gasteiger partial charge in [-0.1, -0.05) is 158 Å². The third kappa shape index (κ3) is 18.5. The number of phenols is 1. The fourth-order valence-electron chi connectivity index (χ4n) is 15.6. The summed E-state index contributed by atoms with van der Waals surface area (Å²) in [5.41, 5.74) is 9.42. The number of nitrogens with zero attached hydrogens (tertiary/aromatic N) is 11. The monoisotopic (exact) mass is 1750 g/mol. The molecule has 0 unspecified atom stereocenters. The van der Waals surface area contributed by atoms with Crippen LogP contribution < -0.4 is 22.4 Å². The van der Waals surface area contributed by atoms with Gasteiger partial charge in [0, 0.05) is 131 Å². The number of alkyl halides is 1. The lowest BCUT2D eigenvalue weighted by molar-refractivity contribution is 0.0755. The number of halogens is 4. The van der Waals surface area contributed by atoms with Crippen molar-refractivity contribution in [3.63, 3.8) is 0 Å². The zero-order chi connectivity index (χ0) is 87.6. The molecule has 1 N–H and O–H groups in total. The number of sulfonamides is 3. The van der Waals surface area contributed by atoms with Gasteiger partial charge in [0.2, 0.25) is 43.2 Å². The molecule has 3 aromatic heterocycles. The number of aromatic nitrogens is 3. The molecule has 124 heavy (non-hydrogen) atoms. The molecule has 6 heterocycles. The quantitative estimate of drug-likeness (QED) is 0.0260. The summed E-state index contributed by atoms with van der Waals surface area (Å²) in [4.78, 5) is 66.6. The zero-order valence-corrected chi connectivity index (χ0v) is 70.7. The Morgan fingerprint density at radius 2 is 0.694 bits per heavy atom. The Hall–Kier alpha value is -13.5. The van der Waals surface area contributed by atoms with Crippen molar-refractivity contribution in [1.82, 2.24) is 29.7 Å². The van der Waals surface area contributed by atoms with E-state index in [9.17, 15) is 57.9 Å². The molecular weight excluding hydrogens is 1660 g/mol. The highest BCUT2D eigenvalue weighted by molar-refractivity contribution is 7.93. The van der Waals surface area contributed by atoms with Gasteiger partial charge >= 0.3 is 0 Å². The highest BCUT2D eigenvalue weighted by Crippen LogP contribution is 2.51. The predicted octanol–water partition coefficient (Wildman–Crippen LogP) is 17.2. The van der Waals surface area contributed by atoms with E-state index in [2.05, 4.69) is 24.6 Å². The van der Waals surface area contributed by atoms with Crippen LogP contribution in [0.25, 0.3) is 42.4 Å². The first-order valence-corrected chi connectivity index (χ1v) is 44.9. The van der Waals surface area contributed by atoms with E-state index in [-0.39, 0.29) is 163 Å². The van der Waals surface area contributed by atoms with Gasteiger partial charge in [0.25, 0.3) is 17.7 Å². The van der Waals surface area contributed by atoms with Gasteiger partial charge < -0.3 is 39.0 Å². The minimum Gasteiger partial charge on any atom is -0.505 e. The molecule has 3 aliphatic heterocycles. The van der Waals surface area contributed by atoms with Crippen molar-refractivity contribution in [3.8, 4) is 17.2 Å². The Morgan fingerprint density at radius 3 is 1.00 bits per heavy atom. The highest BCUT2D eigenvalue weighted by atomic mass is 35.5. The lowest BCUT2D eigenvalue weighted by atomic mass is 9.99. The topological polar surface area (TPSA) is 259 Å². The molecule has 23 nitrogen and oxygen atoms in total. The van der Waals surface area contributed by atoms with E-state index in [1.807, 2.05) is 121 Å². The van der Waals surface area contributed by atoms with Gasteiger partial charge in [-0.25, -0.2) is 51.6 Å². The van der Waals surface area contributed by atoms with Gasteiger partial charge in [0.05, 0.1) is 51.0 Å². The maximum Gasteiger partial charge on any atom is 0.258 e. The van der Waals surface area contributed by atoms with Crippen LogP contribution >= 0.6 is 11.6 Å². The lowest BCUT2D eigenvalue weighted by Gasteiger charge is -2.26. The Balaban J connectivity index is 0.000000154. The second-order valence-electron chi connectivity index (χ2n) is 29.7. The molecule has 0 fully saturated rings. The molecule has 0 saturated heterocycles. The second-order valence-corrected chi connectivity index (χ2v) is 36.4. The SMILES string of the molecule is CN(c1c2c(c(OC(c3ccccc3)c3ccccc3)c3ncccc13)C(=O)N(Cc1ccc(F)cc1)C2)S(=O)(=O)CCCCl.[C-]#[N+]CCCS(=O)(=O)N(C)c1c2c(c(O)c3ncccc13)C(=O)N(Cc1ccc(F)cc1)C2.[C-]#[N+]CCCS(=O)(=O)N(C)c1c2c(c(OC(c3ccccc3)c3ccccc3)c3ncccc13)C(=O)N(Cc1ccc(F)cc1)C2. The van der Waals surface area contributed by atoms with Crippen molar-refractivity contribution in [3.05, 3.63) is 362 Å². The maximum atomic E-state index is 14.4. The Labute approximate surface area is 721 Å². The lowest BCUT2D eigenvalue weighted by Crippen LogP contribution is -2.30. The van der Waals surface area contributed by atoms with Gasteiger partial charge in [-0.05, 0) is 118 Å². The fraction of sp³-hybridized carbons (Fsp3) is 0.213. The molecule has 0 saturated carbocycles. The van der Waals surface area contributed by atoms with Gasteiger partial charge in [0.1, 0.15) is 46.2 Å². The largest absolute Gasteiger partial charge is 0.505 e. The third-order valence-corrected chi connectivity index (χ3v) is 27.4. The average Bonchev–Trinajstić information content (AvgIpc) is 1.53. The number of benzene rings is 10. The minimum atomic E-state index is -3.87. The molecule has 0 radical (unpaired) electrons. The van der Waals surface area contributed by atoms with E-state index in [0.29, 0.717) is 60.8 Å². The van der Waals surface area contributed by atoms with Crippen LogP contribution in [0, 0.1) is 30.6 Å². The number of anilines is 3. The number of hydrogen-bond donors (Lipinski definition) is 1. The smallest absolute Gasteiger partial charge is 0.258 e. The summed E-state index contributed by atoms with van der Waals surface area (Å²) >= 11 is 5.86. The van der Waals surface area contributed by atoms with Gasteiger partial charge in [-0.3, -0.25) is 42.3 Å². The van der Waals surface area contributed by atoms with Crippen LogP contribution in [-0.4, -0.2) is 135 Å². The van der Waals surface area contributed by atoms with E-state index in [1.165, 1.54) is 77.2 Å². The van der Waals surface area contributed by atoms with E-state index in [1.54, 1.807) is 95.0 Å². The van der Waals surface area contributed by atoms with Crippen molar-refractivity contribution in [2.45, 2.75) is 70.7 Å². The van der Waals surface area contributed by atoms with E-state index >= 15 is 0 Å². The molecule has 30 heteroatoms. The first-order valence-electron chi connectivity index (χ1n) is 39.6. The predicted molar refractivity (Wildman–Crippen MR) is 472 cm³/mol. The van der Waals surface area contributed by atoms with Crippen molar-refractivity contribution in [2.24, 2.45) is 0 Å². The molecule has 13 aromatic rings. The van der Waals surface area contributed by atoms with Crippen LogP contribution in [0.5, 0.6) is 17.2 Å². The number of rotatable bonds is 29. The summed E-state index contributed by atoms with van der Waals surface area (Å²) < 4.78 is 138. The highest BCUT2D eigenvalue weighted by Gasteiger charge is 2.43. The van der Waals surface area contributed by atoms with Gasteiger partial charge in [-0.15, -0.1) is 11.6 Å². The number of pyridine rings is 3. The van der Waals surface area contributed by atoms with Crippen LogP contribution in [0.15, 0.2) is 249 Å². The number of amides is 3. The van der Waals surface area contributed by atoms with Crippen molar-refractivity contribution in [1.29, 1.82) is 0 Å². The fourth-order valence-corrected chi connectivity index (χ4v) is 19.7. The molecule has 10 aromatic carbocycles. The molecule has 16 rings (SSSR count). The molecule has 3 amide bonds. The summed E-state index contributed by atoms with van der Waals surface area (Å²) in [7, 11) is -7.10. The first kappa shape index (κ1) is 86.9. The number of ether oxygens (including phenoxy) is 2. The van der Waals surface area contributed by atoms with Gasteiger partial charge in [-0.2, -0.15) is 0 Å². The first-order chi connectivity index (χ1) is 59.8. The Kier molecular flexibility index (Phi) is 26.6. The molecule has 3 aliphatic rings. The molecule has 0 aliphatic carbocycles. The summed E-state index contributed by atoms with van der Waals surface area (Å²) in [5, 5.41) is 12.3. The second kappa shape index (κ2) is 37.9. The summed E-state index contributed by atoms with van der Waals surface area (Å²) in [6, 6.07) is 66.6. The average molecular weight is 1750 g/mol. The maximum absolute atomic E-state index is 14.4. The normalized spacial score (nSPS) is 13.0.